The first kappa shape index (κ1) is 19.7. The first-order chi connectivity index (χ1) is 13.1. The molecule has 0 fully saturated rings. The lowest BCUT2D eigenvalue weighted by Crippen LogP contribution is -3.04. The van der Waals surface area contributed by atoms with Gasteiger partial charge in [0, 0.05) is 0 Å². The van der Waals surface area contributed by atoms with Crippen LogP contribution in [0.3, 0.4) is 0 Å². The SMILES string of the molecule is C[NH+](C)Cc1c(O)ccc2c(=O)c(Oc3ccc(F)cc3)c(C(F)(F)F)oc12. The van der Waals surface area contributed by atoms with E-state index in [1.54, 1.807) is 14.1 Å². The average Bonchev–Trinajstić information content (AvgIpc) is 2.60. The van der Waals surface area contributed by atoms with Crippen molar-refractivity contribution in [2.75, 3.05) is 14.1 Å². The van der Waals surface area contributed by atoms with Crippen LogP contribution in [0.2, 0.25) is 0 Å². The summed E-state index contributed by atoms with van der Waals surface area (Å²) in [4.78, 5) is 13.6. The van der Waals surface area contributed by atoms with Gasteiger partial charge in [0.1, 0.15) is 23.9 Å². The molecule has 2 N–H and O–H groups in total. The number of aromatic hydroxyl groups is 1. The standard InChI is InChI=1S/C19H15F4NO4/c1-24(2)9-13-14(25)8-7-12-15(26)17(18(19(21,22)23)28-16(12)13)27-11-5-3-10(20)4-6-11/h3-8,25H,9H2,1-2H3/p+1. The summed E-state index contributed by atoms with van der Waals surface area (Å²) in [5.41, 5.74) is -1.33. The Hall–Kier alpha value is -3.07. The number of halogens is 4. The second kappa shape index (κ2) is 7.16. The molecule has 0 saturated heterocycles. The molecule has 2 aromatic carbocycles. The molecule has 28 heavy (non-hydrogen) atoms. The molecule has 0 aliphatic heterocycles. The maximum absolute atomic E-state index is 13.6. The fraction of sp³-hybridized carbons (Fsp3) is 0.211. The second-order valence-electron chi connectivity index (χ2n) is 6.47. The number of phenols is 1. The van der Waals surface area contributed by atoms with Crippen LogP contribution >= 0.6 is 0 Å². The van der Waals surface area contributed by atoms with E-state index in [0.717, 1.165) is 29.2 Å². The molecule has 1 aromatic heterocycles. The lowest BCUT2D eigenvalue weighted by molar-refractivity contribution is -0.872. The van der Waals surface area contributed by atoms with Gasteiger partial charge >= 0.3 is 6.18 Å². The Balaban J connectivity index is 2.28. The normalized spacial score (nSPS) is 12.0. The largest absolute Gasteiger partial charge is 0.507 e. The monoisotopic (exact) mass is 398 g/mol. The van der Waals surface area contributed by atoms with Gasteiger partial charge in [-0.2, -0.15) is 13.2 Å². The van der Waals surface area contributed by atoms with Gasteiger partial charge in [0.15, 0.2) is 5.58 Å². The number of hydrogen-bond acceptors (Lipinski definition) is 4. The van der Waals surface area contributed by atoms with E-state index < -0.39 is 28.9 Å². The number of benzene rings is 2. The molecule has 0 atom stereocenters. The molecule has 0 spiro atoms. The van der Waals surface area contributed by atoms with Gasteiger partial charge < -0.3 is 19.2 Å². The summed E-state index contributed by atoms with van der Waals surface area (Å²) in [6, 6.07) is 6.55. The van der Waals surface area contributed by atoms with E-state index in [4.69, 9.17) is 9.15 Å². The molecule has 0 amide bonds. The summed E-state index contributed by atoms with van der Waals surface area (Å²) < 4.78 is 63.9. The quantitative estimate of drug-likeness (QED) is 0.663. The molecule has 9 heteroatoms. The van der Waals surface area contributed by atoms with E-state index in [1.165, 1.54) is 12.1 Å². The summed E-state index contributed by atoms with van der Waals surface area (Å²) in [5, 5.41) is 9.88. The van der Waals surface area contributed by atoms with E-state index in [0.29, 0.717) is 0 Å². The Bertz CT molecular complexity index is 1070. The summed E-state index contributed by atoms with van der Waals surface area (Å²) in [5.74, 6) is -3.73. The molecule has 1 heterocycles. The lowest BCUT2D eigenvalue weighted by Gasteiger charge is -2.16. The molecule has 0 unspecified atom stereocenters. The summed E-state index contributed by atoms with van der Waals surface area (Å²) in [6.45, 7) is 0.127. The average molecular weight is 398 g/mol. The van der Waals surface area contributed by atoms with E-state index in [9.17, 15) is 27.5 Å². The molecule has 5 nitrogen and oxygen atoms in total. The lowest BCUT2D eigenvalue weighted by atomic mass is 10.1. The number of nitrogens with one attached hydrogen (secondary N) is 1. The maximum Gasteiger partial charge on any atom is 0.453 e. The molecule has 0 bridgehead atoms. The maximum atomic E-state index is 13.6. The number of fused-ring (bicyclic) bond motifs is 1. The molecule has 3 rings (SSSR count). The number of alkyl halides is 3. The van der Waals surface area contributed by atoms with Crippen molar-refractivity contribution < 1.29 is 36.7 Å². The van der Waals surface area contributed by atoms with Crippen molar-refractivity contribution in [3.05, 3.63) is 63.8 Å². The van der Waals surface area contributed by atoms with Crippen LogP contribution in [0, 0.1) is 5.82 Å². The number of rotatable bonds is 4. The summed E-state index contributed by atoms with van der Waals surface area (Å²) >= 11 is 0. The van der Waals surface area contributed by atoms with Gasteiger partial charge in [-0.15, -0.1) is 0 Å². The van der Waals surface area contributed by atoms with Gasteiger partial charge in [0.2, 0.25) is 11.2 Å². The Labute approximate surface area is 156 Å². The zero-order chi connectivity index (χ0) is 20.6. The van der Waals surface area contributed by atoms with Crippen molar-refractivity contribution in [1.29, 1.82) is 0 Å². The van der Waals surface area contributed by atoms with Crippen LogP contribution < -0.4 is 15.1 Å². The van der Waals surface area contributed by atoms with Crippen molar-refractivity contribution in [3.8, 4) is 17.2 Å². The van der Waals surface area contributed by atoms with Crippen LogP contribution in [0.1, 0.15) is 11.3 Å². The predicted molar refractivity (Wildman–Crippen MR) is 92.1 cm³/mol. The van der Waals surface area contributed by atoms with Crippen LogP contribution in [0.5, 0.6) is 17.2 Å². The van der Waals surface area contributed by atoms with Crippen LogP contribution in [0.25, 0.3) is 11.0 Å². The van der Waals surface area contributed by atoms with Crippen molar-refractivity contribution in [2.24, 2.45) is 0 Å². The number of ether oxygens (including phenoxy) is 1. The number of hydrogen-bond donors (Lipinski definition) is 2. The van der Waals surface area contributed by atoms with Crippen LogP contribution in [0.4, 0.5) is 17.6 Å². The Morgan fingerprint density at radius 1 is 1.11 bits per heavy atom. The van der Waals surface area contributed by atoms with Gasteiger partial charge in [-0.25, -0.2) is 4.39 Å². The zero-order valence-corrected chi connectivity index (χ0v) is 14.9. The summed E-state index contributed by atoms with van der Waals surface area (Å²) in [7, 11) is 3.46. The van der Waals surface area contributed by atoms with Crippen LogP contribution in [0.15, 0.2) is 45.6 Å². The highest BCUT2D eigenvalue weighted by Crippen LogP contribution is 2.39. The Morgan fingerprint density at radius 3 is 2.32 bits per heavy atom. The third kappa shape index (κ3) is 3.79. The minimum absolute atomic E-state index is 0.0773. The van der Waals surface area contributed by atoms with Gasteiger partial charge in [-0.3, -0.25) is 4.79 Å². The Kier molecular flexibility index (Phi) is 5.03. The van der Waals surface area contributed by atoms with E-state index in [-0.39, 0.29) is 34.6 Å². The minimum atomic E-state index is -5.03. The fourth-order valence-electron chi connectivity index (χ4n) is 2.71. The highest BCUT2D eigenvalue weighted by molar-refractivity contribution is 5.83. The molecule has 0 aliphatic rings. The minimum Gasteiger partial charge on any atom is -0.507 e. The fourth-order valence-corrected chi connectivity index (χ4v) is 2.71. The molecule has 148 valence electrons. The van der Waals surface area contributed by atoms with Crippen molar-refractivity contribution in [2.45, 2.75) is 12.7 Å². The third-order valence-electron chi connectivity index (χ3n) is 3.92. The molecule has 0 saturated carbocycles. The van der Waals surface area contributed by atoms with E-state index in [2.05, 4.69) is 0 Å². The van der Waals surface area contributed by atoms with Gasteiger partial charge in [0.05, 0.1) is 25.0 Å². The smallest absolute Gasteiger partial charge is 0.453 e. The predicted octanol–water partition coefficient (Wildman–Crippen LogP) is 3.09. The molecule has 0 radical (unpaired) electrons. The van der Waals surface area contributed by atoms with Gasteiger partial charge in [-0.05, 0) is 36.4 Å². The Morgan fingerprint density at radius 2 is 1.75 bits per heavy atom. The molecule has 3 aromatic rings. The van der Waals surface area contributed by atoms with Gasteiger partial charge in [-0.1, -0.05) is 0 Å². The first-order valence-corrected chi connectivity index (χ1v) is 8.19. The molecule has 0 aliphatic carbocycles. The van der Waals surface area contributed by atoms with E-state index in [1.807, 2.05) is 0 Å². The highest BCUT2D eigenvalue weighted by atomic mass is 19.4. The number of phenolic OH excluding ortho intramolecular Hbond substituents is 1. The number of quaternary nitrogens is 1. The third-order valence-corrected chi connectivity index (χ3v) is 3.92. The first-order valence-electron chi connectivity index (χ1n) is 8.19. The van der Waals surface area contributed by atoms with Crippen LogP contribution in [-0.2, 0) is 12.7 Å². The molecular weight excluding hydrogens is 382 g/mol. The van der Waals surface area contributed by atoms with Gasteiger partial charge in [0.25, 0.3) is 5.76 Å². The van der Waals surface area contributed by atoms with Crippen LogP contribution in [-0.4, -0.2) is 19.2 Å². The van der Waals surface area contributed by atoms with E-state index >= 15 is 0 Å². The molecular formula is C19H16F4NO4+. The zero-order valence-electron chi connectivity index (χ0n) is 14.9. The van der Waals surface area contributed by atoms with Crippen molar-refractivity contribution in [3.63, 3.8) is 0 Å². The van der Waals surface area contributed by atoms with Crippen molar-refractivity contribution >= 4 is 11.0 Å². The topological polar surface area (TPSA) is 64.1 Å². The summed E-state index contributed by atoms with van der Waals surface area (Å²) in [6.07, 6.45) is -5.03. The second-order valence-corrected chi connectivity index (χ2v) is 6.47. The highest BCUT2D eigenvalue weighted by Gasteiger charge is 2.41. The van der Waals surface area contributed by atoms with Crippen molar-refractivity contribution in [1.82, 2.24) is 0 Å².